The van der Waals surface area contributed by atoms with Gasteiger partial charge in [-0.2, -0.15) is 5.10 Å². The average Bonchev–Trinajstić information content (AvgIpc) is 3.11. The second-order valence-electron chi connectivity index (χ2n) is 4.71. The van der Waals surface area contributed by atoms with Crippen molar-refractivity contribution in [2.45, 2.75) is 32.2 Å². The fourth-order valence-corrected chi connectivity index (χ4v) is 2.26. The Morgan fingerprint density at radius 1 is 1.50 bits per heavy atom. The van der Waals surface area contributed by atoms with Crippen LogP contribution in [-0.2, 0) is 0 Å². The summed E-state index contributed by atoms with van der Waals surface area (Å²) in [5.41, 5.74) is 1.03. The summed E-state index contributed by atoms with van der Waals surface area (Å²) in [6.07, 6.45) is 8.79. The topological polar surface area (TPSA) is 55.6 Å². The Labute approximate surface area is 106 Å². The second kappa shape index (κ2) is 4.76. The maximum Gasteiger partial charge on any atom is 0.178 e. The van der Waals surface area contributed by atoms with Crippen LogP contribution in [0.4, 0.5) is 5.69 Å². The van der Waals surface area contributed by atoms with Crippen molar-refractivity contribution in [2.75, 3.05) is 5.32 Å². The number of hydrogen-bond acceptors (Lipinski definition) is 4. The van der Waals surface area contributed by atoms with Gasteiger partial charge >= 0.3 is 0 Å². The molecule has 0 saturated heterocycles. The quantitative estimate of drug-likeness (QED) is 0.875. The van der Waals surface area contributed by atoms with Gasteiger partial charge < -0.3 is 5.32 Å². The fourth-order valence-electron chi connectivity index (χ4n) is 2.26. The summed E-state index contributed by atoms with van der Waals surface area (Å²) in [5.74, 6) is 1.63. The van der Waals surface area contributed by atoms with Crippen LogP contribution in [0.25, 0.3) is 5.82 Å². The maximum atomic E-state index is 4.39. The number of rotatable bonds is 5. The molecule has 0 amide bonds. The summed E-state index contributed by atoms with van der Waals surface area (Å²) in [6, 6.07) is 4.54. The molecule has 1 aliphatic rings. The van der Waals surface area contributed by atoms with E-state index in [1.165, 1.54) is 19.2 Å². The van der Waals surface area contributed by atoms with Crippen LogP contribution < -0.4 is 5.32 Å². The number of anilines is 1. The smallest absolute Gasteiger partial charge is 0.178 e. The third-order valence-electron chi connectivity index (χ3n) is 3.39. The van der Waals surface area contributed by atoms with Crippen molar-refractivity contribution in [1.29, 1.82) is 0 Å². The van der Waals surface area contributed by atoms with Gasteiger partial charge in [-0.05, 0) is 37.3 Å². The summed E-state index contributed by atoms with van der Waals surface area (Å²) in [5, 5.41) is 7.74. The van der Waals surface area contributed by atoms with Gasteiger partial charge in [0.05, 0.1) is 5.69 Å². The molecule has 5 heteroatoms. The molecule has 1 saturated carbocycles. The molecule has 1 unspecified atom stereocenters. The second-order valence-corrected chi connectivity index (χ2v) is 4.71. The molecule has 3 rings (SSSR count). The summed E-state index contributed by atoms with van der Waals surface area (Å²) in [4.78, 5) is 8.36. The SMILES string of the molecule is CCC(Nc1cccnc1-n1cncn1)C1CC1. The van der Waals surface area contributed by atoms with Crippen LogP contribution in [0, 0.1) is 5.92 Å². The predicted molar refractivity (Wildman–Crippen MR) is 69.6 cm³/mol. The normalized spacial score (nSPS) is 16.5. The highest BCUT2D eigenvalue weighted by molar-refractivity contribution is 5.56. The average molecular weight is 243 g/mol. The van der Waals surface area contributed by atoms with Gasteiger partial charge in [-0.1, -0.05) is 6.92 Å². The molecule has 2 aromatic rings. The molecule has 1 aliphatic carbocycles. The van der Waals surface area contributed by atoms with Crippen molar-refractivity contribution >= 4 is 5.69 Å². The van der Waals surface area contributed by atoms with E-state index >= 15 is 0 Å². The van der Waals surface area contributed by atoms with Crippen LogP contribution in [0.3, 0.4) is 0 Å². The van der Waals surface area contributed by atoms with E-state index in [4.69, 9.17) is 0 Å². The van der Waals surface area contributed by atoms with Gasteiger partial charge in [0.15, 0.2) is 5.82 Å². The Balaban J connectivity index is 1.87. The van der Waals surface area contributed by atoms with Crippen LogP contribution in [-0.4, -0.2) is 25.8 Å². The highest BCUT2D eigenvalue weighted by atomic mass is 15.3. The lowest BCUT2D eigenvalue weighted by molar-refractivity contribution is 0.615. The van der Waals surface area contributed by atoms with Crippen LogP contribution in [0.5, 0.6) is 0 Å². The lowest BCUT2D eigenvalue weighted by atomic mass is 10.1. The number of nitrogens with zero attached hydrogens (tertiary/aromatic N) is 4. The van der Waals surface area contributed by atoms with Crippen molar-refractivity contribution in [3.05, 3.63) is 31.0 Å². The van der Waals surface area contributed by atoms with Crippen molar-refractivity contribution in [1.82, 2.24) is 19.7 Å². The minimum atomic E-state index is 0.538. The van der Waals surface area contributed by atoms with Gasteiger partial charge in [0, 0.05) is 12.2 Å². The number of hydrogen-bond donors (Lipinski definition) is 1. The van der Waals surface area contributed by atoms with Gasteiger partial charge in [0.1, 0.15) is 12.7 Å². The molecular formula is C13H17N5. The monoisotopic (exact) mass is 243 g/mol. The van der Waals surface area contributed by atoms with E-state index in [2.05, 4.69) is 33.4 Å². The number of pyridine rings is 1. The molecule has 5 nitrogen and oxygen atoms in total. The lowest BCUT2D eigenvalue weighted by Gasteiger charge is -2.19. The minimum Gasteiger partial charge on any atom is -0.379 e. The fraction of sp³-hybridized carbons (Fsp3) is 0.462. The molecule has 1 fully saturated rings. The van der Waals surface area contributed by atoms with Crippen molar-refractivity contribution in [2.24, 2.45) is 5.92 Å². The molecule has 18 heavy (non-hydrogen) atoms. The highest BCUT2D eigenvalue weighted by Gasteiger charge is 2.30. The van der Waals surface area contributed by atoms with E-state index in [-0.39, 0.29) is 0 Å². The Kier molecular flexibility index (Phi) is 2.96. The van der Waals surface area contributed by atoms with Crippen LogP contribution in [0.15, 0.2) is 31.0 Å². The van der Waals surface area contributed by atoms with Crippen molar-refractivity contribution in [3.63, 3.8) is 0 Å². The molecule has 2 heterocycles. The Hall–Kier alpha value is -1.91. The van der Waals surface area contributed by atoms with Gasteiger partial charge in [-0.25, -0.2) is 14.6 Å². The van der Waals surface area contributed by atoms with E-state index < -0.39 is 0 Å². The van der Waals surface area contributed by atoms with Crippen molar-refractivity contribution in [3.8, 4) is 5.82 Å². The Morgan fingerprint density at radius 3 is 3.06 bits per heavy atom. The molecular weight excluding hydrogens is 226 g/mol. The number of aromatic nitrogens is 4. The van der Waals surface area contributed by atoms with E-state index in [1.54, 1.807) is 17.2 Å². The van der Waals surface area contributed by atoms with Gasteiger partial charge in [0.25, 0.3) is 0 Å². The predicted octanol–water partition coefficient (Wildman–Crippen LogP) is 2.26. The first-order valence-corrected chi connectivity index (χ1v) is 6.45. The standard InChI is InChI=1S/C13H17N5/c1-2-11(10-5-6-10)17-12-4-3-7-15-13(12)18-9-14-8-16-18/h3-4,7-11,17H,2,5-6H2,1H3. The maximum absolute atomic E-state index is 4.39. The molecule has 1 N–H and O–H groups in total. The molecule has 0 bridgehead atoms. The summed E-state index contributed by atoms with van der Waals surface area (Å²) in [7, 11) is 0. The molecule has 1 atom stereocenters. The van der Waals surface area contributed by atoms with Crippen LogP contribution >= 0.6 is 0 Å². The first-order valence-electron chi connectivity index (χ1n) is 6.45. The van der Waals surface area contributed by atoms with Crippen LogP contribution in [0.2, 0.25) is 0 Å². The zero-order valence-corrected chi connectivity index (χ0v) is 10.5. The molecule has 2 aromatic heterocycles. The van der Waals surface area contributed by atoms with Gasteiger partial charge in [-0.15, -0.1) is 0 Å². The Morgan fingerprint density at radius 2 is 2.39 bits per heavy atom. The summed E-state index contributed by atoms with van der Waals surface area (Å²) < 4.78 is 1.70. The minimum absolute atomic E-state index is 0.538. The molecule has 94 valence electrons. The summed E-state index contributed by atoms with van der Waals surface area (Å²) in [6.45, 7) is 2.22. The molecule has 0 aliphatic heterocycles. The molecule has 0 spiro atoms. The van der Waals surface area contributed by atoms with Crippen molar-refractivity contribution < 1.29 is 0 Å². The molecule has 0 aromatic carbocycles. The summed E-state index contributed by atoms with van der Waals surface area (Å²) >= 11 is 0. The zero-order valence-electron chi connectivity index (χ0n) is 10.5. The Bertz CT molecular complexity index is 504. The lowest BCUT2D eigenvalue weighted by Crippen LogP contribution is -2.22. The first kappa shape index (κ1) is 11.2. The van der Waals surface area contributed by atoms with E-state index in [0.717, 1.165) is 23.8 Å². The van der Waals surface area contributed by atoms with Gasteiger partial charge in [-0.3, -0.25) is 0 Å². The third kappa shape index (κ3) is 2.20. The van der Waals surface area contributed by atoms with E-state index in [9.17, 15) is 0 Å². The zero-order chi connectivity index (χ0) is 12.4. The third-order valence-corrected chi connectivity index (χ3v) is 3.39. The van der Waals surface area contributed by atoms with E-state index in [1.807, 2.05) is 6.07 Å². The number of nitrogens with one attached hydrogen (secondary N) is 1. The highest BCUT2D eigenvalue weighted by Crippen LogP contribution is 2.36. The largest absolute Gasteiger partial charge is 0.379 e. The first-order chi connectivity index (χ1) is 8.88. The van der Waals surface area contributed by atoms with Gasteiger partial charge in [0.2, 0.25) is 0 Å². The molecule has 0 radical (unpaired) electrons. The van der Waals surface area contributed by atoms with Crippen LogP contribution in [0.1, 0.15) is 26.2 Å². The van der Waals surface area contributed by atoms with E-state index in [0.29, 0.717) is 6.04 Å².